The average Bonchev–Trinajstić information content (AvgIpc) is 2.68. The molecule has 0 bridgehead atoms. The third kappa shape index (κ3) is 3.72. The summed E-state index contributed by atoms with van der Waals surface area (Å²) in [4.78, 5) is 0. The van der Waals surface area contributed by atoms with E-state index in [1.807, 2.05) is 0 Å². The Morgan fingerprint density at radius 3 is 1.57 bits per heavy atom. The summed E-state index contributed by atoms with van der Waals surface area (Å²) in [7, 11) is 0. The molecular formula is C22H16N2O4. The van der Waals surface area contributed by atoms with Crippen LogP contribution in [0.3, 0.4) is 0 Å². The molecule has 0 radical (unpaired) electrons. The first kappa shape index (κ1) is 18.4. The molecule has 0 atom stereocenters. The Kier molecular flexibility index (Phi) is 4.89. The summed E-state index contributed by atoms with van der Waals surface area (Å²) >= 11 is 0. The molecule has 0 aromatic heterocycles. The molecule has 138 valence electrons. The summed E-state index contributed by atoms with van der Waals surface area (Å²) in [6.45, 7) is 0. The Balaban J connectivity index is 1.98. The Bertz CT molecular complexity index is 1110. The van der Waals surface area contributed by atoms with Crippen LogP contribution in [-0.2, 0) is 0 Å². The van der Waals surface area contributed by atoms with Crippen molar-refractivity contribution < 1.29 is 19.7 Å². The van der Waals surface area contributed by atoms with Crippen molar-refractivity contribution >= 4 is 11.4 Å². The largest absolute Gasteiger partial charge is 0.506 e. The minimum absolute atomic E-state index is 0.102. The van der Waals surface area contributed by atoms with Gasteiger partial charge in [0.05, 0.1) is 22.5 Å². The molecule has 6 N–H and O–H groups in total. The second-order valence-electron chi connectivity index (χ2n) is 5.78. The van der Waals surface area contributed by atoms with Crippen LogP contribution in [0.5, 0.6) is 34.5 Å². The van der Waals surface area contributed by atoms with Crippen LogP contribution >= 0.6 is 0 Å². The van der Waals surface area contributed by atoms with Gasteiger partial charge < -0.3 is 31.2 Å². The van der Waals surface area contributed by atoms with Gasteiger partial charge in [0.15, 0.2) is 5.75 Å². The Morgan fingerprint density at radius 2 is 1.14 bits per heavy atom. The molecule has 0 aliphatic carbocycles. The number of ether oxygens (including phenoxy) is 2. The van der Waals surface area contributed by atoms with Gasteiger partial charge in [0, 0.05) is 24.3 Å². The first-order valence-electron chi connectivity index (χ1n) is 8.05. The van der Waals surface area contributed by atoms with E-state index in [4.69, 9.17) is 33.8 Å². The van der Waals surface area contributed by atoms with Crippen LogP contribution in [0.2, 0.25) is 0 Å². The highest BCUT2D eigenvalue weighted by atomic mass is 16.5. The van der Waals surface area contributed by atoms with E-state index in [0.717, 1.165) is 0 Å². The van der Waals surface area contributed by atoms with Gasteiger partial charge in [-0.2, -0.15) is 0 Å². The maximum absolute atomic E-state index is 9.75. The summed E-state index contributed by atoms with van der Waals surface area (Å²) in [5.74, 6) is 6.09. The Hall–Kier alpha value is -4.42. The van der Waals surface area contributed by atoms with Gasteiger partial charge in [0.1, 0.15) is 28.7 Å². The standard InChI is InChI=1S/C22H16N2O4/c1-3-13-9-17(27-15-5-7-18(23)20(25)11-15)10-14(4-2)22(13)28-16-6-8-19(24)21(26)12-16/h1-2,5-12,25-26H,23-24H2. The van der Waals surface area contributed by atoms with Crippen LogP contribution < -0.4 is 20.9 Å². The average molecular weight is 372 g/mol. The fourth-order valence-electron chi connectivity index (χ4n) is 2.41. The van der Waals surface area contributed by atoms with E-state index < -0.39 is 0 Å². The van der Waals surface area contributed by atoms with Crippen molar-refractivity contribution in [2.75, 3.05) is 11.5 Å². The summed E-state index contributed by atoms with van der Waals surface area (Å²) in [6, 6.07) is 12.1. The van der Waals surface area contributed by atoms with E-state index in [1.165, 1.54) is 24.3 Å². The molecule has 3 rings (SSSR count). The highest BCUT2D eigenvalue weighted by molar-refractivity contribution is 5.62. The molecule has 0 amide bonds. The number of anilines is 2. The normalized spacial score (nSPS) is 9.93. The number of phenolic OH excluding ortho intramolecular Hbond substituents is 2. The molecule has 0 saturated heterocycles. The van der Waals surface area contributed by atoms with Crippen LogP contribution in [0.1, 0.15) is 11.1 Å². The molecule has 6 nitrogen and oxygen atoms in total. The van der Waals surface area contributed by atoms with E-state index in [0.29, 0.717) is 28.4 Å². The number of phenols is 2. The zero-order valence-electron chi connectivity index (χ0n) is 14.6. The van der Waals surface area contributed by atoms with Gasteiger partial charge in [-0.15, -0.1) is 12.8 Å². The van der Waals surface area contributed by atoms with Gasteiger partial charge in [0.25, 0.3) is 0 Å². The molecule has 0 saturated carbocycles. The highest BCUT2D eigenvalue weighted by Gasteiger charge is 2.14. The minimum Gasteiger partial charge on any atom is -0.506 e. The smallest absolute Gasteiger partial charge is 0.158 e. The van der Waals surface area contributed by atoms with Gasteiger partial charge in [-0.05, 0) is 24.3 Å². The van der Waals surface area contributed by atoms with Crippen molar-refractivity contribution in [1.29, 1.82) is 0 Å². The second kappa shape index (κ2) is 7.45. The van der Waals surface area contributed by atoms with Crippen molar-refractivity contribution in [2.24, 2.45) is 0 Å². The van der Waals surface area contributed by atoms with Gasteiger partial charge in [0.2, 0.25) is 0 Å². The number of hydrogen-bond acceptors (Lipinski definition) is 6. The summed E-state index contributed by atoms with van der Waals surface area (Å²) in [5, 5.41) is 19.5. The quantitative estimate of drug-likeness (QED) is 0.315. The lowest BCUT2D eigenvalue weighted by molar-refractivity contribution is 0.448. The lowest BCUT2D eigenvalue weighted by Gasteiger charge is -2.14. The molecule has 3 aromatic rings. The Morgan fingerprint density at radius 1 is 0.679 bits per heavy atom. The van der Waals surface area contributed by atoms with Crippen molar-refractivity contribution in [3.63, 3.8) is 0 Å². The predicted molar refractivity (Wildman–Crippen MR) is 107 cm³/mol. The van der Waals surface area contributed by atoms with E-state index in [9.17, 15) is 10.2 Å². The number of rotatable bonds is 4. The molecule has 0 spiro atoms. The fraction of sp³-hybridized carbons (Fsp3) is 0. The molecule has 0 aliphatic rings. The molecule has 0 fully saturated rings. The monoisotopic (exact) mass is 372 g/mol. The summed E-state index contributed by atoms with van der Waals surface area (Å²) in [6.07, 6.45) is 11.2. The third-order valence-corrected chi connectivity index (χ3v) is 3.83. The second-order valence-corrected chi connectivity index (χ2v) is 5.78. The Labute approximate surface area is 161 Å². The summed E-state index contributed by atoms with van der Waals surface area (Å²) < 4.78 is 11.5. The van der Waals surface area contributed by atoms with E-state index >= 15 is 0 Å². The van der Waals surface area contributed by atoms with Gasteiger partial charge in [-0.3, -0.25) is 0 Å². The topological polar surface area (TPSA) is 111 Å². The van der Waals surface area contributed by atoms with Gasteiger partial charge in [-0.1, -0.05) is 11.8 Å². The van der Waals surface area contributed by atoms with Crippen molar-refractivity contribution in [1.82, 2.24) is 0 Å². The maximum Gasteiger partial charge on any atom is 0.158 e. The fourth-order valence-corrected chi connectivity index (χ4v) is 2.41. The van der Waals surface area contributed by atoms with Gasteiger partial charge >= 0.3 is 0 Å². The zero-order valence-corrected chi connectivity index (χ0v) is 14.6. The molecule has 0 unspecified atom stereocenters. The number of nitrogens with two attached hydrogens (primary N) is 2. The van der Waals surface area contributed by atoms with Crippen LogP contribution in [0.15, 0.2) is 48.5 Å². The van der Waals surface area contributed by atoms with Crippen molar-refractivity contribution in [3.8, 4) is 59.2 Å². The predicted octanol–water partition coefficient (Wildman–Crippen LogP) is 3.81. The van der Waals surface area contributed by atoms with Gasteiger partial charge in [-0.25, -0.2) is 0 Å². The van der Waals surface area contributed by atoms with E-state index in [1.54, 1.807) is 24.3 Å². The minimum atomic E-state index is -0.120. The molecule has 0 aliphatic heterocycles. The number of benzene rings is 3. The van der Waals surface area contributed by atoms with Crippen LogP contribution in [0.25, 0.3) is 0 Å². The molecule has 3 aromatic carbocycles. The molecular weight excluding hydrogens is 356 g/mol. The van der Waals surface area contributed by atoms with Crippen LogP contribution in [0, 0.1) is 24.7 Å². The van der Waals surface area contributed by atoms with E-state index in [-0.39, 0.29) is 28.6 Å². The lowest BCUT2D eigenvalue weighted by atomic mass is 10.1. The SMILES string of the molecule is C#Cc1cc(Oc2ccc(N)c(O)c2)cc(C#C)c1Oc1ccc(N)c(O)c1. The van der Waals surface area contributed by atoms with Crippen molar-refractivity contribution in [2.45, 2.75) is 0 Å². The molecule has 28 heavy (non-hydrogen) atoms. The number of nitrogen functional groups attached to an aromatic ring is 2. The molecule has 6 heteroatoms. The molecule has 0 heterocycles. The number of aromatic hydroxyl groups is 2. The summed E-state index contributed by atoms with van der Waals surface area (Å²) in [5.41, 5.74) is 12.3. The maximum atomic E-state index is 9.75. The number of hydrogen-bond donors (Lipinski definition) is 4. The van der Waals surface area contributed by atoms with Crippen LogP contribution in [-0.4, -0.2) is 10.2 Å². The first-order valence-corrected chi connectivity index (χ1v) is 8.05. The third-order valence-electron chi connectivity index (χ3n) is 3.83. The lowest BCUT2D eigenvalue weighted by Crippen LogP contribution is -1.95. The highest BCUT2D eigenvalue weighted by Crippen LogP contribution is 2.36. The van der Waals surface area contributed by atoms with Crippen molar-refractivity contribution in [3.05, 3.63) is 59.7 Å². The zero-order chi connectivity index (χ0) is 20.3. The number of terminal acetylenes is 2. The van der Waals surface area contributed by atoms with E-state index in [2.05, 4.69) is 11.8 Å². The van der Waals surface area contributed by atoms with Crippen LogP contribution in [0.4, 0.5) is 11.4 Å². The first-order chi connectivity index (χ1) is 13.4.